The largest absolute Gasteiger partial charge is 0.480 e. The third kappa shape index (κ3) is 4.54. The number of nitrogens with one attached hydrogen (secondary N) is 1. The highest BCUT2D eigenvalue weighted by atomic mass is 16.5. The van der Waals surface area contributed by atoms with Crippen LogP contribution in [-0.4, -0.2) is 56.3 Å². The summed E-state index contributed by atoms with van der Waals surface area (Å²) >= 11 is 0. The molecule has 152 valence electrons. The van der Waals surface area contributed by atoms with Gasteiger partial charge in [0.05, 0.1) is 18.6 Å². The molecule has 1 aliphatic heterocycles. The molecule has 0 saturated carbocycles. The van der Waals surface area contributed by atoms with Crippen molar-refractivity contribution < 1.29 is 18.7 Å². The number of hydrogen-bond donors (Lipinski definition) is 1. The maximum atomic E-state index is 12.5. The molecule has 1 amide bonds. The fourth-order valence-corrected chi connectivity index (χ4v) is 3.33. The summed E-state index contributed by atoms with van der Waals surface area (Å²) in [5, 5.41) is 3.66. The number of carbonyl (C=O) groups is 1. The van der Waals surface area contributed by atoms with Crippen LogP contribution in [0.4, 0.5) is 0 Å². The van der Waals surface area contributed by atoms with Crippen molar-refractivity contribution in [2.45, 2.75) is 33.8 Å². The van der Waals surface area contributed by atoms with Crippen molar-refractivity contribution in [1.29, 1.82) is 0 Å². The summed E-state index contributed by atoms with van der Waals surface area (Å²) in [5.74, 6) is 0.379. The van der Waals surface area contributed by atoms with Crippen molar-refractivity contribution in [2.75, 3.05) is 39.4 Å². The van der Waals surface area contributed by atoms with Gasteiger partial charge in [0.2, 0.25) is 0 Å². The Labute approximate surface area is 164 Å². The Bertz CT molecular complexity index is 915. The first kappa shape index (κ1) is 20.4. The number of carbonyl (C=O) groups excluding carboxylic acids is 1. The van der Waals surface area contributed by atoms with E-state index in [4.69, 9.17) is 13.9 Å². The average Bonchev–Trinajstić information content (AvgIpc) is 2.66. The Balaban J connectivity index is 1.70. The van der Waals surface area contributed by atoms with Crippen LogP contribution in [0.2, 0.25) is 0 Å². The van der Waals surface area contributed by atoms with Gasteiger partial charge in [0.25, 0.3) is 5.91 Å². The van der Waals surface area contributed by atoms with E-state index in [9.17, 15) is 9.59 Å². The summed E-state index contributed by atoms with van der Waals surface area (Å²) in [5.41, 5.74) is 2.37. The molecule has 2 heterocycles. The second-order valence-electron chi connectivity index (χ2n) is 7.28. The third-order valence-electron chi connectivity index (χ3n) is 5.16. The van der Waals surface area contributed by atoms with E-state index in [0.29, 0.717) is 23.4 Å². The van der Waals surface area contributed by atoms with Gasteiger partial charge in [-0.2, -0.15) is 0 Å². The van der Waals surface area contributed by atoms with Crippen LogP contribution in [0.3, 0.4) is 0 Å². The molecule has 2 aromatic rings. The van der Waals surface area contributed by atoms with Gasteiger partial charge in [-0.05, 0) is 51.0 Å². The third-order valence-corrected chi connectivity index (χ3v) is 5.16. The number of ether oxygens (including phenoxy) is 2. The molecule has 1 saturated heterocycles. The maximum Gasteiger partial charge on any atom is 0.339 e. The fourth-order valence-electron chi connectivity index (χ4n) is 3.33. The van der Waals surface area contributed by atoms with Gasteiger partial charge in [0.15, 0.2) is 6.10 Å². The van der Waals surface area contributed by atoms with Crippen LogP contribution < -0.4 is 15.7 Å². The zero-order chi connectivity index (χ0) is 20.3. The first-order valence-corrected chi connectivity index (χ1v) is 9.66. The van der Waals surface area contributed by atoms with Crippen molar-refractivity contribution in [1.82, 2.24) is 10.2 Å². The van der Waals surface area contributed by atoms with Gasteiger partial charge in [-0.15, -0.1) is 0 Å². The molecule has 0 unspecified atom stereocenters. The fraction of sp³-hybridized carbons (Fsp3) is 0.524. The maximum absolute atomic E-state index is 12.5. The highest BCUT2D eigenvalue weighted by Crippen LogP contribution is 2.31. The standard InChI is InChI=1S/C21H28N2O5/c1-13-11-17(19-14(2)15(3)21(25)28-18(19)12-13)27-16(4)20(24)22-5-6-23-7-9-26-10-8-23/h11-12,16H,5-10H2,1-4H3,(H,22,24)/t16-/m0/s1. The Morgan fingerprint density at radius 3 is 2.64 bits per heavy atom. The van der Waals surface area contributed by atoms with Gasteiger partial charge < -0.3 is 19.2 Å². The lowest BCUT2D eigenvalue weighted by Crippen LogP contribution is -2.43. The highest BCUT2D eigenvalue weighted by Gasteiger charge is 2.19. The number of fused-ring (bicyclic) bond motifs is 1. The monoisotopic (exact) mass is 388 g/mol. The summed E-state index contributed by atoms with van der Waals surface area (Å²) < 4.78 is 16.7. The molecule has 3 rings (SSSR count). The smallest absolute Gasteiger partial charge is 0.339 e. The van der Waals surface area contributed by atoms with Crippen LogP contribution in [0, 0.1) is 20.8 Å². The average molecular weight is 388 g/mol. The second kappa shape index (κ2) is 8.75. The van der Waals surface area contributed by atoms with E-state index in [1.54, 1.807) is 13.8 Å². The minimum atomic E-state index is -0.665. The van der Waals surface area contributed by atoms with Crippen molar-refractivity contribution in [3.05, 3.63) is 39.2 Å². The van der Waals surface area contributed by atoms with Crippen LogP contribution in [0.15, 0.2) is 21.3 Å². The molecule has 1 N–H and O–H groups in total. The SMILES string of the molecule is Cc1cc(O[C@@H](C)C(=O)NCCN2CCOCC2)c2c(C)c(C)c(=O)oc2c1. The normalized spacial score (nSPS) is 16.1. The topological polar surface area (TPSA) is 81.0 Å². The van der Waals surface area contributed by atoms with Crippen LogP contribution in [0.25, 0.3) is 11.0 Å². The molecule has 1 fully saturated rings. The first-order valence-electron chi connectivity index (χ1n) is 9.66. The predicted octanol–water partition coefficient (Wildman–Crippen LogP) is 1.93. The Hall–Kier alpha value is -2.38. The van der Waals surface area contributed by atoms with Crippen LogP contribution in [-0.2, 0) is 9.53 Å². The minimum absolute atomic E-state index is 0.172. The quantitative estimate of drug-likeness (QED) is 0.762. The molecule has 7 heteroatoms. The predicted molar refractivity (Wildman–Crippen MR) is 107 cm³/mol. The van der Waals surface area contributed by atoms with Crippen molar-refractivity contribution in [3.63, 3.8) is 0 Å². The summed E-state index contributed by atoms with van der Waals surface area (Å²) in [6, 6.07) is 3.68. The molecular formula is C21H28N2O5. The van der Waals surface area contributed by atoms with Gasteiger partial charge in [0.1, 0.15) is 11.3 Å². The summed E-state index contributed by atoms with van der Waals surface area (Å²) in [6.07, 6.45) is -0.665. The number of aryl methyl sites for hydroxylation is 2. The van der Waals surface area contributed by atoms with E-state index in [1.807, 2.05) is 26.0 Å². The Kier molecular flexibility index (Phi) is 6.36. The number of morpholine rings is 1. The molecule has 1 atom stereocenters. The van der Waals surface area contributed by atoms with E-state index in [-0.39, 0.29) is 11.5 Å². The number of rotatable bonds is 6. The summed E-state index contributed by atoms with van der Waals surface area (Å²) in [4.78, 5) is 26.7. The molecular weight excluding hydrogens is 360 g/mol. The molecule has 28 heavy (non-hydrogen) atoms. The molecule has 7 nitrogen and oxygen atoms in total. The first-order chi connectivity index (χ1) is 13.4. The molecule has 1 aromatic heterocycles. The lowest BCUT2D eigenvalue weighted by molar-refractivity contribution is -0.127. The number of benzene rings is 1. The molecule has 0 radical (unpaired) electrons. The lowest BCUT2D eigenvalue weighted by Gasteiger charge is -2.26. The minimum Gasteiger partial charge on any atom is -0.480 e. The van der Waals surface area contributed by atoms with Gasteiger partial charge in [-0.1, -0.05) is 0 Å². The molecule has 0 spiro atoms. The van der Waals surface area contributed by atoms with Crippen molar-refractivity contribution in [3.8, 4) is 5.75 Å². The van der Waals surface area contributed by atoms with Crippen molar-refractivity contribution >= 4 is 16.9 Å². The van der Waals surface area contributed by atoms with Gasteiger partial charge in [-0.25, -0.2) is 4.79 Å². The second-order valence-corrected chi connectivity index (χ2v) is 7.28. The van der Waals surface area contributed by atoms with Crippen molar-refractivity contribution in [2.24, 2.45) is 0 Å². The van der Waals surface area contributed by atoms with Crippen LogP contribution in [0.1, 0.15) is 23.6 Å². The molecule has 1 aromatic carbocycles. The number of amides is 1. The van der Waals surface area contributed by atoms with Crippen LogP contribution >= 0.6 is 0 Å². The number of hydrogen-bond acceptors (Lipinski definition) is 6. The summed E-state index contributed by atoms with van der Waals surface area (Å²) in [7, 11) is 0. The van der Waals surface area contributed by atoms with Gasteiger partial charge >= 0.3 is 5.63 Å². The zero-order valence-electron chi connectivity index (χ0n) is 17.0. The Morgan fingerprint density at radius 2 is 1.93 bits per heavy atom. The summed E-state index contributed by atoms with van der Waals surface area (Å²) in [6.45, 7) is 11.8. The van der Waals surface area contributed by atoms with Crippen LogP contribution in [0.5, 0.6) is 5.75 Å². The zero-order valence-corrected chi connectivity index (χ0v) is 17.0. The number of nitrogens with zero attached hydrogens (tertiary/aromatic N) is 1. The van der Waals surface area contributed by atoms with E-state index >= 15 is 0 Å². The van der Waals surface area contributed by atoms with E-state index in [1.165, 1.54) is 0 Å². The molecule has 0 aliphatic carbocycles. The van der Waals surface area contributed by atoms with E-state index < -0.39 is 6.10 Å². The molecule has 1 aliphatic rings. The van der Waals surface area contributed by atoms with E-state index in [0.717, 1.165) is 49.4 Å². The van der Waals surface area contributed by atoms with Gasteiger partial charge in [-0.3, -0.25) is 9.69 Å². The Morgan fingerprint density at radius 1 is 1.21 bits per heavy atom. The highest BCUT2D eigenvalue weighted by molar-refractivity contribution is 5.89. The lowest BCUT2D eigenvalue weighted by atomic mass is 10.0. The van der Waals surface area contributed by atoms with Gasteiger partial charge in [0, 0.05) is 31.7 Å². The van der Waals surface area contributed by atoms with E-state index in [2.05, 4.69) is 10.2 Å². The molecule has 0 bridgehead atoms.